The van der Waals surface area contributed by atoms with Crippen molar-refractivity contribution in [1.82, 2.24) is 4.98 Å². The quantitative estimate of drug-likeness (QED) is 0.370. The molecule has 5 nitrogen and oxygen atoms in total. The number of carbonyl (C=O) groups is 1. The van der Waals surface area contributed by atoms with E-state index in [-0.39, 0.29) is 11.2 Å². The number of amides is 1. The Morgan fingerprint density at radius 2 is 1.83 bits per heavy atom. The number of fused-ring (bicyclic) bond motifs is 2. The summed E-state index contributed by atoms with van der Waals surface area (Å²) in [6.45, 7) is 1.85. The average Bonchev–Trinajstić information content (AvgIpc) is 3.02. The summed E-state index contributed by atoms with van der Waals surface area (Å²) >= 11 is 9.54. The van der Waals surface area contributed by atoms with Crippen LogP contribution >= 0.6 is 27.5 Å². The van der Waals surface area contributed by atoms with Gasteiger partial charge in [0.25, 0.3) is 5.91 Å². The molecule has 0 N–H and O–H groups in total. The molecule has 1 amide bonds. The molecular weight excluding hydrogens is 468 g/mol. The Bertz CT molecular complexity index is 1380. The molecule has 1 aliphatic rings. The summed E-state index contributed by atoms with van der Waals surface area (Å²) in [5.74, 6) is 0.0943. The van der Waals surface area contributed by atoms with Crippen LogP contribution in [0.5, 0.6) is 0 Å². The zero-order valence-corrected chi connectivity index (χ0v) is 18.1. The van der Waals surface area contributed by atoms with E-state index in [1.54, 1.807) is 24.3 Å². The zero-order valence-electron chi connectivity index (χ0n) is 15.7. The molecule has 30 heavy (non-hydrogen) atoms. The van der Waals surface area contributed by atoms with Crippen molar-refractivity contribution in [2.45, 2.75) is 13.0 Å². The highest BCUT2D eigenvalue weighted by Crippen LogP contribution is 2.41. The Morgan fingerprint density at radius 3 is 2.57 bits per heavy atom. The first kappa shape index (κ1) is 19.0. The van der Waals surface area contributed by atoms with E-state index in [9.17, 15) is 9.59 Å². The van der Waals surface area contributed by atoms with Crippen LogP contribution in [0.3, 0.4) is 0 Å². The first-order chi connectivity index (χ1) is 14.4. The van der Waals surface area contributed by atoms with Crippen LogP contribution in [0.1, 0.15) is 33.4 Å². The summed E-state index contributed by atoms with van der Waals surface area (Å²) in [5, 5.41) is 0.770. The van der Waals surface area contributed by atoms with E-state index < -0.39 is 11.9 Å². The van der Waals surface area contributed by atoms with Crippen molar-refractivity contribution in [3.63, 3.8) is 0 Å². The Morgan fingerprint density at radius 1 is 1.07 bits per heavy atom. The first-order valence-electron chi connectivity index (χ1n) is 9.23. The van der Waals surface area contributed by atoms with Crippen molar-refractivity contribution in [3.05, 3.63) is 103 Å². The minimum absolute atomic E-state index is 0.0334. The lowest BCUT2D eigenvalue weighted by Crippen LogP contribution is -2.30. The van der Waals surface area contributed by atoms with Crippen LogP contribution in [0, 0.1) is 6.92 Å². The molecule has 2 aromatic carbocycles. The second-order valence-corrected chi connectivity index (χ2v) is 8.43. The normalized spacial score (nSPS) is 15.6. The maximum atomic E-state index is 13.5. The first-order valence-corrected chi connectivity index (χ1v) is 10.4. The van der Waals surface area contributed by atoms with Crippen molar-refractivity contribution in [3.8, 4) is 0 Å². The molecule has 3 heterocycles. The van der Waals surface area contributed by atoms with Gasteiger partial charge in [-0.2, -0.15) is 0 Å². The van der Waals surface area contributed by atoms with Crippen molar-refractivity contribution in [2.24, 2.45) is 0 Å². The van der Waals surface area contributed by atoms with Gasteiger partial charge in [0.05, 0.1) is 17.0 Å². The highest BCUT2D eigenvalue weighted by atomic mass is 79.9. The van der Waals surface area contributed by atoms with Crippen LogP contribution in [0.4, 0.5) is 5.82 Å². The van der Waals surface area contributed by atoms with Crippen LogP contribution in [-0.4, -0.2) is 10.9 Å². The Labute approximate surface area is 185 Å². The number of aromatic nitrogens is 1. The van der Waals surface area contributed by atoms with E-state index in [1.807, 2.05) is 43.3 Å². The molecule has 0 unspecified atom stereocenters. The Balaban J connectivity index is 1.83. The van der Waals surface area contributed by atoms with Gasteiger partial charge in [0.2, 0.25) is 5.76 Å². The minimum Gasteiger partial charge on any atom is -0.450 e. The number of nitrogens with zero attached hydrogens (tertiary/aromatic N) is 2. The number of benzene rings is 2. The third kappa shape index (κ3) is 2.95. The fourth-order valence-corrected chi connectivity index (χ4v) is 4.24. The van der Waals surface area contributed by atoms with Crippen molar-refractivity contribution >= 4 is 50.2 Å². The smallest absolute Gasteiger partial charge is 0.296 e. The molecule has 1 atom stereocenters. The number of rotatable bonds is 2. The molecule has 2 aromatic heterocycles. The number of hydrogen-bond donors (Lipinski definition) is 0. The van der Waals surface area contributed by atoms with E-state index in [1.165, 1.54) is 4.90 Å². The van der Waals surface area contributed by atoms with Gasteiger partial charge in [0, 0.05) is 15.2 Å². The molecule has 0 saturated heterocycles. The van der Waals surface area contributed by atoms with Gasteiger partial charge in [0.1, 0.15) is 11.4 Å². The summed E-state index contributed by atoms with van der Waals surface area (Å²) in [7, 11) is 0. The van der Waals surface area contributed by atoms with E-state index in [2.05, 4.69) is 20.9 Å². The lowest BCUT2D eigenvalue weighted by atomic mass is 9.98. The van der Waals surface area contributed by atoms with E-state index in [0.717, 1.165) is 15.7 Å². The van der Waals surface area contributed by atoms with Crippen LogP contribution in [0.15, 0.2) is 74.3 Å². The number of anilines is 1. The molecular formula is C23H14BrClN2O3. The number of halogens is 2. The number of hydrogen-bond acceptors (Lipinski definition) is 4. The monoisotopic (exact) mass is 480 g/mol. The molecule has 4 aromatic rings. The summed E-state index contributed by atoms with van der Waals surface area (Å²) in [6, 6.07) is 17.1. The van der Waals surface area contributed by atoms with Crippen LogP contribution in [-0.2, 0) is 0 Å². The van der Waals surface area contributed by atoms with E-state index in [4.69, 9.17) is 16.0 Å². The maximum absolute atomic E-state index is 13.5. The zero-order chi connectivity index (χ0) is 21.0. The van der Waals surface area contributed by atoms with Crippen molar-refractivity contribution in [1.29, 1.82) is 0 Å². The van der Waals surface area contributed by atoms with Gasteiger partial charge in [-0.1, -0.05) is 45.7 Å². The van der Waals surface area contributed by atoms with Gasteiger partial charge in [-0.3, -0.25) is 14.5 Å². The molecule has 0 spiro atoms. The van der Waals surface area contributed by atoms with Crippen LogP contribution in [0.25, 0.3) is 11.0 Å². The molecule has 0 aliphatic carbocycles. The molecule has 1 aliphatic heterocycles. The predicted octanol–water partition coefficient (Wildman–Crippen LogP) is 5.66. The lowest BCUT2D eigenvalue weighted by molar-refractivity contribution is 0.0970. The van der Waals surface area contributed by atoms with Crippen LogP contribution in [0.2, 0.25) is 5.02 Å². The minimum atomic E-state index is -0.658. The average molecular weight is 482 g/mol. The summed E-state index contributed by atoms with van der Waals surface area (Å²) in [4.78, 5) is 33.0. The SMILES string of the molecule is Cc1cccc(N2C(=O)c3oc4ccc(Cl)cc4c(=O)c3[C@H]2c2ccc(Br)cc2)n1. The second-order valence-electron chi connectivity index (χ2n) is 7.08. The van der Waals surface area contributed by atoms with Gasteiger partial charge < -0.3 is 4.42 Å². The second kappa shape index (κ2) is 7.07. The molecule has 5 rings (SSSR count). The van der Waals surface area contributed by atoms with E-state index in [0.29, 0.717) is 27.4 Å². The third-order valence-electron chi connectivity index (χ3n) is 5.14. The van der Waals surface area contributed by atoms with E-state index >= 15 is 0 Å². The van der Waals surface area contributed by atoms with Gasteiger partial charge in [-0.05, 0) is 55.0 Å². The van der Waals surface area contributed by atoms with Crippen LogP contribution < -0.4 is 10.3 Å². The molecule has 148 valence electrons. The standard InChI is InChI=1S/C23H14BrClN2O3/c1-12-3-2-4-18(26-12)27-20(13-5-7-14(24)8-6-13)19-21(28)16-11-15(25)9-10-17(16)30-22(19)23(27)29/h2-11,20H,1H3/t20-/m1/s1. The Hall–Kier alpha value is -2.96. The maximum Gasteiger partial charge on any atom is 0.296 e. The third-order valence-corrected chi connectivity index (χ3v) is 5.90. The van der Waals surface area contributed by atoms with Crippen molar-refractivity contribution < 1.29 is 9.21 Å². The highest BCUT2D eigenvalue weighted by Gasteiger charge is 2.44. The Kier molecular flexibility index (Phi) is 4.49. The van der Waals surface area contributed by atoms with Gasteiger partial charge in [-0.25, -0.2) is 4.98 Å². The van der Waals surface area contributed by atoms with Gasteiger partial charge >= 0.3 is 0 Å². The predicted molar refractivity (Wildman–Crippen MR) is 119 cm³/mol. The molecule has 0 fully saturated rings. The fraction of sp³-hybridized carbons (Fsp3) is 0.0870. The summed E-state index contributed by atoms with van der Waals surface area (Å²) < 4.78 is 6.82. The summed E-state index contributed by atoms with van der Waals surface area (Å²) in [6.07, 6.45) is 0. The summed E-state index contributed by atoms with van der Waals surface area (Å²) in [5.41, 5.74) is 1.89. The number of carbonyl (C=O) groups excluding carboxylic acids is 1. The van der Waals surface area contributed by atoms with Gasteiger partial charge in [-0.15, -0.1) is 0 Å². The lowest BCUT2D eigenvalue weighted by Gasteiger charge is -2.24. The number of aryl methyl sites for hydroxylation is 1. The molecule has 0 radical (unpaired) electrons. The van der Waals surface area contributed by atoms with Gasteiger partial charge in [0.15, 0.2) is 5.43 Å². The molecule has 7 heteroatoms. The molecule has 0 bridgehead atoms. The molecule has 0 saturated carbocycles. The number of pyridine rings is 1. The fourth-order valence-electron chi connectivity index (χ4n) is 3.80. The topological polar surface area (TPSA) is 63.4 Å². The largest absolute Gasteiger partial charge is 0.450 e. The van der Waals surface area contributed by atoms with Crippen molar-refractivity contribution in [2.75, 3.05) is 4.90 Å². The highest BCUT2D eigenvalue weighted by molar-refractivity contribution is 9.10.